The van der Waals surface area contributed by atoms with Gasteiger partial charge in [-0.05, 0) is 19.3 Å². The molecule has 2 atom stereocenters. The van der Waals surface area contributed by atoms with Crippen molar-refractivity contribution in [2.45, 2.75) is 38.3 Å². The van der Waals surface area contributed by atoms with E-state index in [0.29, 0.717) is 19.4 Å². The molecule has 1 aromatic rings. The standard InChI is InChI=1S/C13H20N4O3/c1-17(8-11-14-5-6-15-11)13(20)16-10-4-2-3-9(7-10)12(18)19/h5-6,9-10H,2-4,7-8H2,1H3,(H,14,15)(H,16,20)(H,18,19). The van der Waals surface area contributed by atoms with E-state index < -0.39 is 5.97 Å². The quantitative estimate of drug-likeness (QED) is 0.771. The van der Waals surface area contributed by atoms with Crippen molar-refractivity contribution in [1.82, 2.24) is 20.2 Å². The summed E-state index contributed by atoms with van der Waals surface area (Å²) in [5.74, 6) is -0.396. The molecule has 1 heterocycles. The minimum atomic E-state index is -0.770. The lowest BCUT2D eigenvalue weighted by atomic mass is 9.86. The Bertz CT molecular complexity index is 460. The van der Waals surface area contributed by atoms with E-state index in [9.17, 15) is 9.59 Å². The number of carboxylic acids is 1. The number of imidazole rings is 1. The van der Waals surface area contributed by atoms with Gasteiger partial charge in [-0.15, -0.1) is 0 Å². The molecule has 0 spiro atoms. The number of carbonyl (C=O) groups excluding carboxylic acids is 1. The van der Waals surface area contributed by atoms with Crippen LogP contribution < -0.4 is 5.32 Å². The number of H-pyrrole nitrogens is 1. The predicted octanol–water partition coefficient (Wildman–Crippen LogP) is 1.19. The zero-order chi connectivity index (χ0) is 14.5. The predicted molar refractivity (Wildman–Crippen MR) is 72.0 cm³/mol. The van der Waals surface area contributed by atoms with Gasteiger partial charge in [-0.3, -0.25) is 4.79 Å². The van der Waals surface area contributed by atoms with Crippen LogP contribution in [0.3, 0.4) is 0 Å². The molecule has 0 bridgehead atoms. The monoisotopic (exact) mass is 280 g/mol. The maximum Gasteiger partial charge on any atom is 0.317 e. The first kappa shape index (κ1) is 14.4. The number of amides is 2. The number of hydrogen-bond donors (Lipinski definition) is 3. The maximum atomic E-state index is 12.0. The second kappa shape index (κ2) is 6.40. The molecule has 0 aliphatic heterocycles. The van der Waals surface area contributed by atoms with Crippen LogP contribution in [0.4, 0.5) is 4.79 Å². The summed E-state index contributed by atoms with van der Waals surface area (Å²) in [7, 11) is 1.69. The van der Waals surface area contributed by atoms with Gasteiger partial charge in [-0.25, -0.2) is 9.78 Å². The molecule has 110 valence electrons. The van der Waals surface area contributed by atoms with Gasteiger partial charge in [0.25, 0.3) is 0 Å². The molecule has 2 unspecified atom stereocenters. The van der Waals surface area contributed by atoms with Crippen LogP contribution in [0.1, 0.15) is 31.5 Å². The first-order valence-electron chi connectivity index (χ1n) is 6.79. The molecule has 20 heavy (non-hydrogen) atoms. The van der Waals surface area contributed by atoms with Gasteiger partial charge >= 0.3 is 12.0 Å². The van der Waals surface area contributed by atoms with Crippen LogP contribution in [-0.4, -0.2) is 45.1 Å². The zero-order valence-corrected chi connectivity index (χ0v) is 11.5. The fourth-order valence-corrected chi connectivity index (χ4v) is 2.51. The van der Waals surface area contributed by atoms with Crippen molar-refractivity contribution >= 4 is 12.0 Å². The zero-order valence-electron chi connectivity index (χ0n) is 11.5. The summed E-state index contributed by atoms with van der Waals surface area (Å²) in [5.41, 5.74) is 0. The number of hydrogen-bond acceptors (Lipinski definition) is 3. The van der Waals surface area contributed by atoms with Gasteiger partial charge in [0.05, 0.1) is 12.5 Å². The molecule has 1 aliphatic carbocycles. The highest BCUT2D eigenvalue weighted by atomic mass is 16.4. The normalized spacial score (nSPS) is 22.2. The summed E-state index contributed by atoms with van der Waals surface area (Å²) in [6.45, 7) is 0.397. The van der Waals surface area contributed by atoms with Crippen molar-refractivity contribution in [1.29, 1.82) is 0 Å². The van der Waals surface area contributed by atoms with Crippen LogP contribution >= 0.6 is 0 Å². The van der Waals surface area contributed by atoms with Gasteiger partial charge in [0.2, 0.25) is 0 Å². The second-order valence-corrected chi connectivity index (χ2v) is 5.24. The molecule has 0 radical (unpaired) electrons. The Labute approximate surface area is 117 Å². The molecule has 0 aromatic carbocycles. The van der Waals surface area contributed by atoms with E-state index in [1.54, 1.807) is 19.4 Å². The number of rotatable bonds is 4. The molecule has 7 nitrogen and oxygen atoms in total. The van der Waals surface area contributed by atoms with E-state index >= 15 is 0 Å². The highest BCUT2D eigenvalue weighted by Gasteiger charge is 2.28. The lowest BCUT2D eigenvalue weighted by Crippen LogP contribution is -2.45. The van der Waals surface area contributed by atoms with Crippen LogP contribution in [0, 0.1) is 5.92 Å². The van der Waals surface area contributed by atoms with Gasteiger partial charge in [-0.2, -0.15) is 0 Å². The number of aromatic nitrogens is 2. The molecule has 2 rings (SSSR count). The summed E-state index contributed by atoms with van der Waals surface area (Å²) in [6, 6.07) is -0.256. The van der Waals surface area contributed by atoms with Crippen molar-refractivity contribution in [3.8, 4) is 0 Å². The Morgan fingerprint density at radius 2 is 2.35 bits per heavy atom. The van der Waals surface area contributed by atoms with Crippen LogP contribution in [0.2, 0.25) is 0 Å². The number of nitrogens with one attached hydrogen (secondary N) is 2. The molecule has 0 saturated heterocycles. The largest absolute Gasteiger partial charge is 0.481 e. The second-order valence-electron chi connectivity index (χ2n) is 5.24. The molecule has 1 aromatic heterocycles. The Morgan fingerprint density at radius 1 is 1.55 bits per heavy atom. The van der Waals surface area contributed by atoms with E-state index in [4.69, 9.17) is 5.11 Å². The van der Waals surface area contributed by atoms with Crippen molar-refractivity contribution < 1.29 is 14.7 Å². The van der Waals surface area contributed by atoms with Crippen molar-refractivity contribution in [2.75, 3.05) is 7.05 Å². The van der Waals surface area contributed by atoms with Crippen molar-refractivity contribution in [3.05, 3.63) is 18.2 Å². The minimum Gasteiger partial charge on any atom is -0.481 e. The summed E-state index contributed by atoms with van der Waals surface area (Å²) >= 11 is 0. The Morgan fingerprint density at radius 3 is 3.00 bits per heavy atom. The van der Waals surface area contributed by atoms with E-state index in [0.717, 1.165) is 18.7 Å². The highest BCUT2D eigenvalue weighted by molar-refractivity contribution is 5.74. The SMILES string of the molecule is CN(Cc1ncc[nH]1)C(=O)NC1CCCC(C(=O)O)C1. The third kappa shape index (κ3) is 3.72. The van der Waals surface area contributed by atoms with Gasteiger partial charge < -0.3 is 20.3 Å². The Hall–Kier alpha value is -2.05. The molecule has 7 heteroatoms. The van der Waals surface area contributed by atoms with Crippen LogP contribution in [0.15, 0.2) is 12.4 Å². The van der Waals surface area contributed by atoms with E-state index in [1.165, 1.54) is 4.90 Å². The molecular weight excluding hydrogens is 260 g/mol. The summed E-state index contributed by atoms with van der Waals surface area (Å²) < 4.78 is 0. The lowest BCUT2D eigenvalue weighted by Gasteiger charge is -2.29. The fraction of sp³-hybridized carbons (Fsp3) is 0.615. The van der Waals surface area contributed by atoms with E-state index in [1.807, 2.05) is 0 Å². The van der Waals surface area contributed by atoms with Crippen LogP contribution in [0.25, 0.3) is 0 Å². The smallest absolute Gasteiger partial charge is 0.317 e. The molecule has 1 saturated carbocycles. The number of aromatic amines is 1. The first-order valence-corrected chi connectivity index (χ1v) is 6.79. The third-order valence-corrected chi connectivity index (χ3v) is 3.64. The number of carbonyl (C=O) groups is 2. The lowest BCUT2D eigenvalue weighted by molar-refractivity contribution is -0.143. The van der Waals surface area contributed by atoms with Gasteiger partial charge in [0.1, 0.15) is 5.82 Å². The van der Waals surface area contributed by atoms with Crippen molar-refractivity contribution in [3.63, 3.8) is 0 Å². The Balaban J connectivity index is 1.82. The third-order valence-electron chi connectivity index (χ3n) is 3.64. The fourth-order valence-electron chi connectivity index (χ4n) is 2.51. The van der Waals surface area contributed by atoms with Gasteiger partial charge in [0, 0.05) is 25.5 Å². The number of nitrogens with zero attached hydrogens (tertiary/aromatic N) is 2. The van der Waals surface area contributed by atoms with E-state index in [-0.39, 0.29) is 18.0 Å². The summed E-state index contributed by atoms with van der Waals surface area (Å²) in [4.78, 5) is 31.6. The average Bonchev–Trinajstić information content (AvgIpc) is 2.91. The molecular formula is C13H20N4O3. The van der Waals surface area contributed by atoms with Gasteiger partial charge in [0.15, 0.2) is 0 Å². The average molecular weight is 280 g/mol. The minimum absolute atomic E-state index is 0.0589. The Kier molecular flexibility index (Phi) is 4.60. The summed E-state index contributed by atoms with van der Waals surface area (Å²) in [5, 5.41) is 11.9. The van der Waals surface area contributed by atoms with Crippen molar-refractivity contribution in [2.24, 2.45) is 5.92 Å². The van der Waals surface area contributed by atoms with E-state index in [2.05, 4.69) is 15.3 Å². The molecule has 1 aliphatic rings. The summed E-state index contributed by atoms with van der Waals surface area (Å²) in [6.07, 6.45) is 6.23. The highest BCUT2D eigenvalue weighted by Crippen LogP contribution is 2.24. The number of aliphatic carboxylic acids is 1. The van der Waals surface area contributed by atoms with Gasteiger partial charge in [-0.1, -0.05) is 6.42 Å². The molecule has 2 amide bonds. The first-order chi connectivity index (χ1) is 9.56. The molecule has 3 N–H and O–H groups in total. The number of urea groups is 1. The maximum absolute atomic E-state index is 12.0. The van der Waals surface area contributed by atoms with Crippen LogP contribution in [0.5, 0.6) is 0 Å². The number of carboxylic acid groups (broad SMARTS) is 1. The topological polar surface area (TPSA) is 98.3 Å². The van der Waals surface area contributed by atoms with Crippen LogP contribution in [-0.2, 0) is 11.3 Å². The molecule has 1 fully saturated rings.